The molecule has 0 fully saturated rings. The number of anilines is 1. The predicted molar refractivity (Wildman–Crippen MR) is 67.4 cm³/mol. The molecule has 0 aliphatic heterocycles. The first kappa shape index (κ1) is 13.0. The van der Waals surface area contributed by atoms with Crippen LogP contribution >= 0.6 is 0 Å². The van der Waals surface area contributed by atoms with Crippen LogP contribution in [0.5, 0.6) is 0 Å². The second-order valence-electron chi connectivity index (χ2n) is 4.08. The number of rotatable bonds is 3. The molecule has 19 heavy (non-hydrogen) atoms. The van der Waals surface area contributed by atoms with Gasteiger partial charge >= 0.3 is 0 Å². The van der Waals surface area contributed by atoms with E-state index in [1.54, 1.807) is 18.5 Å². The third-order valence-corrected chi connectivity index (χ3v) is 2.77. The molecule has 0 bridgehead atoms. The van der Waals surface area contributed by atoms with Crippen LogP contribution in [0.1, 0.15) is 16.7 Å². The number of pyridine rings is 1. The molecule has 0 saturated heterocycles. The lowest BCUT2D eigenvalue weighted by atomic mass is 10.1. The molecule has 3 nitrogen and oxygen atoms in total. The molecular weight excluding hydrogens is 248 g/mol. The Kier molecular flexibility index (Phi) is 3.71. The maximum absolute atomic E-state index is 13.6. The molecule has 1 N–H and O–H groups in total. The van der Waals surface area contributed by atoms with Crippen LogP contribution in [0.4, 0.5) is 14.5 Å². The van der Waals surface area contributed by atoms with E-state index in [0.29, 0.717) is 0 Å². The molecule has 0 saturated carbocycles. The van der Waals surface area contributed by atoms with Crippen molar-refractivity contribution in [2.24, 2.45) is 0 Å². The Hall–Kier alpha value is -2.48. The number of nitrogens with zero attached hydrogens (tertiary/aromatic N) is 2. The van der Waals surface area contributed by atoms with E-state index in [2.05, 4.69) is 10.3 Å². The van der Waals surface area contributed by atoms with Crippen LogP contribution in [0.15, 0.2) is 30.6 Å². The lowest BCUT2D eigenvalue weighted by Gasteiger charge is -2.10. The van der Waals surface area contributed by atoms with Gasteiger partial charge in [-0.25, -0.2) is 8.78 Å². The van der Waals surface area contributed by atoms with E-state index in [0.717, 1.165) is 23.3 Å². The van der Waals surface area contributed by atoms with E-state index in [1.807, 2.05) is 13.0 Å². The van der Waals surface area contributed by atoms with Gasteiger partial charge in [0, 0.05) is 18.9 Å². The Labute approximate surface area is 109 Å². The van der Waals surface area contributed by atoms with E-state index in [9.17, 15) is 8.78 Å². The molecule has 2 aromatic rings. The predicted octanol–water partition coefficient (Wildman–Crippen LogP) is 3.15. The molecule has 2 rings (SSSR count). The first-order valence-corrected chi connectivity index (χ1v) is 5.64. The van der Waals surface area contributed by atoms with Crippen LogP contribution in [-0.4, -0.2) is 4.98 Å². The fourth-order valence-electron chi connectivity index (χ4n) is 1.67. The molecule has 0 unspecified atom stereocenters. The van der Waals surface area contributed by atoms with Gasteiger partial charge in [-0.1, -0.05) is 0 Å². The average molecular weight is 259 g/mol. The fourth-order valence-corrected chi connectivity index (χ4v) is 1.67. The highest BCUT2D eigenvalue weighted by Crippen LogP contribution is 2.21. The zero-order valence-electron chi connectivity index (χ0n) is 10.2. The van der Waals surface area contributed by atoms with Crippen molar-refractivity contribution in [2.75, 3.05) is 5.32 Å². The van der Waals surface area contributed by atoms with Gasteiger partial charge in [0.15, 0.2) is 11.6 Å². The van der Waals surface area contributed by atoms with Crippen molar-refractivity contribution >= 4 is 5.69 Å². The minimum Gasteiger partial charge on any atom is -0.376 e. The van der Waals surface area contributed by atoms with Gasteiger partial charge in [0.1, 0.15) is 5.69 Å². The Morgan fingerprint density at radius 2 is 2.00 bits per heavy atom. The molecule has 0 atom stereocenters. The highest BCUT2D eigenvalue weighted by Gasteiger charge is 2.11. The maximum atomic E-state index is 13.6. The summed E-state index contributed by atoms with van der Waals surface area (Å²) in [6.07, 6.45) is 3.30. The summed E-state index contributed by atoms with van der Waals surface area (Å²) >= 11 is 0. The fraction of sp³-hybridized carbons (Fsp3) is 0.143. The second kappa shape index (κ2) is 5.44. The van der Waals surface area contributed by atoms with Crippen LogP contribution in [-0.2, 0) is 6.54 Å². The highest BCUT2D eigenvalue weighted by atomic mass is 19.1. The van der Waals surface area contributed by atoms with Gasteiger partial charge in [0.25, 0.3) is 0 Å². The summed E-state index contributed by atoms with van der Waals surface area (Å²) in [6, 6.07) is 5.53. The number of nitrogens with one attached hydrogen (secondary N) is 1. The van der Waals surface area contributed by atoms with Gasteiger partial charge < -0.3 is 5.32 Å². The third kappa shape index (κ3) is 2.86. The number of aryl methyl sites for hydroxylation is 1. The van der Waals surface area contributed by atoms with Crippen molar-refractivity contribution in [3.63, 3.8) is 0 Å². The van der Waals surface area contributed by atoms with Gasteiger partial charge in [0.2, 0.25) is 0 Å². The molecular formula is C14H11F2N3. The van der Waals surface area contributed by atoms with E-state index in [1.165, 1.54) is 0 Å². The molecule has 5 heteroatoms. The summed E-state index contributed by atoms with van der Waals surface area (Å²) in [6.45, 7) is 2.16. The Morgan fingerprint density at radius 1 is 1.32 bits per heavy atom. The standard InChI is InChI=1S/C14H11F2N3/c1-9-2-3-18-7-11(9)8-19-14-12(15)4-10(6-17)5-13(14)16/h2-5,7,19H,8H2,1H3. The number of hydrogen-bond donors (Lipinski definition) is 1. The number of hydrogen-bond acceptors (Lipinski definition) is 3. The zero-order valence-corrected chi connectivity index (χ0v) is 10.2. The lowest BCUT2D eigenvalue weighted by Crippen LogP contribution is -2.06. The molecule has 1 aromatic carbocycles. The van der Waals surface area contributed by atoms with Crippen LogP contribution in [0.3, 0.4) is 0 Å². The SMILES string of the molecule is Cc1ccncc1CNc1c(F)cc(C#N)cc1F. The topological polar surface area (TPSA) is 48.7 Å². The molecule has 0 aliphatic rings. The summed E-state index contributed by atoms with van der Waals surface area (Å²) in [7, 11) is 0. The smallest absolute Gasteiger partial charge is 0.150 e. The van der Waals surface area contributed by atoms with Crippen molar-refractivity contribution in [2.45, 2.75) is 13.5 Å². The summed E-state index contributed by atoms with van der Waals surface area (Å²) < 4.78 is 27.3. The average Bonchev–Trinajstić information content (AvgIpc) is 2.39. The third-order valence-electron chi connectivity index (χ3n) is 2.77. The van der Waals surface area contributed by atoms with Crippen LogP contribution in [0.2, 0.25) is 0 Å². The molecule has 96 valence electrons. The summed E-state index contributed by atoms with van der Waals surface area (Å²) in [5, 5.41) is 11.3. The van der Waals surface area contributed by atoms with E-state index >= 15 is 0 Å². The van der Waals surface area contributed by atoms with Crippen LogP contribution in [0.25, 0.3) is 0 Å². The highest BCUT2D eigenvalue weighted by molar-refractivity contribution is 5.50. The monoisotopic (exact) mass is 259 g/mol. The van der Waals surface area contributed by atoms with E-state index in [4.69, 9.17) is 5.26 Å². The molecule has 0 amide bonds. The Balaban J connectivity index is 2.21. The molecule has 1 heterocycles. The molecule has 0 aliphatic carbocycles. The van der Waals surface area contributed by atoms with Gasteiger partial charge in [-0.05, 0) is 36.2 Å². The van der Waals surface area contributed by atoms with Crippen molar-refractivity contribution in [3.8, 4) is 6.07 Å². The van der Waals surface area contributed by atoms with Crippen molar-refractivity contribution in [1.82, 2.24) is 4.98 Å². The number of aromatic nitrogens is 1. The first-order valence-electron chi connectivity index (χ1n) is 5.64. The van der Waals surface area contributed by atoms with Crippen LogP contribution in [0, 0.1) is 29.9 Å². The normalized spacial score (nSPS) is 10.0. The van der Waals surface area contributed by atoms with Crippen molar-refractivity contribution in [1.29, 1.82) is 5.26 Å². The van der Waals surface area contributed by atoms with Gasteiger partial charge in [-0.3, -0.25) is 4.98 Å². The minimum absolute atomic E-state index is 0.0434. The summed E-state index contributed by atoms with van der Waals surface area (Å²) in [5.74, 6) is -1.56. The van der Waals surface area contributed by atoms with Gasteiger partial charge in [-0.2, -0.15) is 5.26 Å². The summed E-state index contributed by atoms with van der Waals surface area (Å²) in [5.41, 5.74) is 1.56. The molecule has 1 aromatic heterocycles. The Morgan fingerprint density at radius 3 is 2.58 bits per heavy atom. The van der Waals surface area contributed by atoms with Gasteiger partial charge in [-0.15, -0.1) is 0 Å². The zero-order chi connectivity index (χ0) is 13.8. The van der Waals surface area contributed by atoms with Gasteiger partial charge in [0.05, 0.1) is 11.6 Å². The molecule has 0 spiro atoms. The minimum atomic E-state index is -0.780. The summed E-state index contributed by atoms with van der Waals surface area (Å²) in [4.78, 5) is 3.96. The van der Waals surface area contributed by atoms with E-state index in [-0.39, 0.29) is 17.8 Å². The van der Waals surface area contributed by atoms with Crippen molar-refractivity contribution in [3.05, 3.63) is 58.9 Å². The largest absolute Gasteiger partial charge is 0.376 e. The Bertz CT molecular complexity index is 624. The first-order chi connectivity index (χ1) is 9.11. The quantitative estimate of drug-likeness (QED) is 0.921. The number of halogens is 2. The van der Waals surface area contributed by atoms with E-state index < -0.39 is 11.6 Å². The second-order valence-corrected chi connectivity index (χ2v) is 4.08. The van der Waals surface area contributed by atoms with Crippen LogP contribution < -0.4 is 5.32 Å². The van der Waals surface area contributed by atoms with Crippen molar-refractivity contribution < 1.29 is 8.78 Å². The maximum Gasteiger partial charge on any atom is 0.150 e. The number of nitriles is 1. The lowest BCUT2D eigenvalue weighted by molar-refractivity contribution is 0.587. The molecule has 0 radical (unpaired) electrons. The number of benzene rings is 1.